The van der Waals surface area contributed by atoms with Gasteiger partial charge in [0.25, 0.3) is 0 Å². The van der Waals surface area contributed by atoms with Gasteiger partial charge >= 0.3 is 0 Å². The summed E-state index contributed by atoms with van der Waals surface area (Å²) in [6, 6.07) is 13.9. The lowest BCUT2D eigenvalue weighted by molar-refractivity contribution is 0.101. The Balaban J connectivity index is 2.28. The number of methoxy groups -OCH3 is 1. The lowest BCUT2D eigenvalue weighted by atomic mass is 10.1. The summed E-state index contributed by atoms with van der Waals surface area (Å²) in [5.74, 6) is 0.166. The van der Waals surface area contributed by atoms with Crippen LogP contribution in [0.15, 0.2) is 48.5 Å². The van der Waals surface area contributed by atoms with Crippen molar-refractivity contribution in [3.8, 4) is 5.75 Å². The zero-order valence-electron chi connectivity index (χ0n) is 12.6. The van der Waals surface area contributed by atoms with Gasteiger partial charge in [0, 0.05) is 11.1 Å². The van der Waals surface area contributed by atoms with E-state index in [1.54, 1.807) is 30.3 Å². The molecule has 0 heterocycles. The Bertz CT molecular complexity index is 765. The lowest BCUT2D eigenvalue weighted by Gasteiger charge is -2.11. The Labute approximate surface area is 130 Å². The minimum atomic E-state index is -3.35. The molecule has 0 bridgehead atoms. The van der Waals surface area contributed by atoms with Gasteiger partial charge in [0.2, 0.25) is 0 Å². The van der Waals surface area contributed by atoms with Crippen LogP contribution in [0.1, 0.15) is 28.4 Å². The maximum atomic E-state index is 12.4. The minimum absolute atomic E-state index is 0.0404. The predicted octanol–water partition coefficient (Wildman–Crippen LogP) is 3.01. The van der Waals surface area contributed by atoms with Gasteiger partial charge in [0.15, 0.2) is 15.6 Å². The summed E-state index contributed by atoms with van der Waals surface area (Å²) >= 11 is 0. The van der Waals surface area contributed by atoms with Gasteiger partial charge in [0.1, 0.15) is 5.75 Å². The Hall–Kier alpha value is -2.14. The van der Waals surface area contributed by atoms with E-state index in [1.807, 2.05) is 18.2 Å². The number of carbonyl (C=O) groups is 1. The zero-order valence-corrected chi connectivity index (χ0v) is 13.4. The molecule has 0 unspecified atom stereocenters. The van der Waals surface area contributed by atoms with Crippen LogP contribution in [-0.2, 0) is 21.3 Å². The van der Waals surface area contributed by atoms with Crippen molar-refractivity contribution in [1.82, 2.24) is 0 Å². The Kier molecular flexibility index (Phi) is 4.98. The first kappa shape index (κ1) is 16.2. The standard InChI is InChI=1S/C17H18O4S/c1-13(18)15-8-9-17(21-2)16(10-15)12-22(19,20)11-14-6-4-3-5-7-14/h3-10H,11-12H2,1-2H3. The fourth-order valence-electron chi connectivity index (χ4n) is 2.23. The molecule has 2 rings (SSSR count). The van der Waals surface area contributed by atoms with E-state index in [2.05, 4.69) is 0 Å². The Morgan fingerprint density at radius 1 is 1.05 bits per heavy atom. The molecule has 0 amide bonds. The van der Waals surface area contributed by atoms with Crippen LogP contribution >= 0.6 is 0 Å². The third-order valence-corrected chi connectivity index (χ3v) is 4.82. The van der Waals surface area contributed by atoms with Crippen LogP contribution in [0.25, 0.3) is 0 Å². The third kappa shape index (κ3) is 4.18. The molecule has 4 nitrogen and oxygen atoms in total. The summed E-state index contributed by atoms with van der Waals surface area (Å²) in [5.41, 5.74) is 1.72. The van der Waals surface area contributed by atoms with Gasteiger partial charge in [-0.1, -0.05) is 30.3 Å². The average molecular weight is 318 g/mol. The summed E-state index contributed by atoms with van der Waals surface area (Å²) < 4.78 is 30.0. The molecule has 22 heavy (non-hydrogen) atoms. The molecule has 0 saturated heterocycles. The van der Waals surface area contributed by atoms with Crippen molar-refractivity contribution in [3.05, 3.63) is 65.2 Å². The number of benzene rings is 2. The number of Topliss-reactive ketones (excluding diaryl/α,β-unsaturated/α-hetero) is 1. The van der Waals surface area contributed by atoms with E-state index in [-0.39, 0.29) is 17.3 Å². The van der Waals surface area contributed by atoms with Crippen molar-refractivity contribution in [2.24, 2.45) is 0 Å². The predicted molar refractivity (Wildman–Crippen MR) is 85.8 cm³/mol. The van der Waals surface area contributed by atoms with Gasteiger partial charge in [-0.15, -0.1) is 0 Å². The average Bonchev–Trinajstić information content (AvgIpc) is 2.47. The van der Waals surface area contributed by atoms with Crippen LogP contribution < -0.4 is 4.74 Å². The van der Waals surface area contributed by atoms with Crippen molar-refractivity contribution in [3.63, 3.8) is 0 Å². The van der Waals surface area contributed by atoms with Crippen molar-refractivity contribution in [1.29, 1.82) is 0 Å². The van der Waals surface area contributed by atoms with E-state index in [1.165, 1.54) is 14.0 Å². The highest BCUT2D eigenvalue weighted by atomic mass is 32.2. The fraction of sp³-hybridized carbons (Fsp3) is 0.235. The molecular formula is C17H18O4S. The van der Waals surface area contributed by atoms with Crippen LogP contribution in [0.2, 0.25) is 0 Å². The SMILES string of the molecule is COc1ccc(C(C)=O)cc1CS(=O)(=O)Cc1ccccc1. The summed E-state index contributed by atoms with van der Waals surface area (Å²) in [4.78, 5) is 11.5. The third-order valence-electron chi connectivity index (χ3n) is 3.29. The molecule has 0 aliphatic carbocycles. The zero-order chi connectivity index (χ0) is 16.2. The normalized spacial score (nSPS) is 11.2. The van der Waals surface area contributed by atoms with E-state index in [9.17, 15) is 13.2 Å². The maximum Gasteiger partial charge on any atom is 0.159 e. The Morgan fingerprint density at radius 3 is 2.32 bits per heavy atom. The smallest absolute Gasteiger partial charge is 0.159 e. The number of hydrogen-bond donors (Lipinski definition) is 0. The van der Waals surface area contributed by atoms with Crippen molar-refractivity contribution < 1.29 is 17.9 Å². The van der Waals surface area contributed by atoms with Gasteiger partial charge < -0.3 is 4.74 Å². The van der Waals surface area contributed by atoms with Crippen LogP contribution in [0.3, 0.4) is 0 Å². The van der Waals surface area contributed by atoms with E-state index < -0.39 is 9.84 Å². The largest absolute Gasteiger partial charge is 0.496 e. The van der Waals surface area contributed by atoms with Gasteiger partial charge in [-0.2, -0.15) is 0 Å². The quantitative estimate of drug-likeness (QED) is 0.768. The van der Waals surface area contributed by atoms with Gasteiger partial charge in [-0.05, 0) is 30.7 Å². The van der Waals surface area contributed by atoms with E-state index in [0.29, 0.717) is 16.9 Å². The van der Waals surface area contributed by atoms with Crippen molar-refractivity contribution >= 4 is 15.6 Å². The fourth-order valence-corrected chi connectivity index (χ4v) is 3.73. The summed E-state index contributed by atoms with van der Waals surface area (Å²) in [6.45, 7) is 1.45. The summed E-state index contributed by atoms with van der Waals surface area (Å²) in [6.07, 6.45) is 0. The molecule has 0 N–H and O–H groups in total. The van der Waals surface area contributed by atoms with Crippen molar-refractivity contribution in [2.75, 3.05) is 7.11 Å². The molecule has 0 saturated carbocycles. The first-order chi connectivity index (χ1) is 10.4. The second-order valence-electron chi connectivity index (χ2n) is 5.10. The molecule has 5 heteroatoms. The molecule has 2 aromatic rings. The molecule has 2 aromatic carbocycles. The summed E-state index contributed by atoms with van der Waals surface area (Å²) in [7, 11) is -1.87. The van der Waals surface area contributed by atoms with Gasteiger partial charge in [-0.25, -0.2) is 8.42 Å². The highest BCUT2D eigenvalue weighted by Crippen LogP contribution is 2.24. The van der Waals surface area contributed by atoms with E-state index in [4.69, 9.17) is 4.74 Å². The lowest BCUT2D eigenvalue weighted by Crippen LogP contribution is -2.09. The molecule has 0 fully saturated rings. The van der Waals surface area contributed by atoms with Gasteiger partial charge in [-0.3, -0.25) is 4.79 Å². The number of ether oxygens (including phenoxy) is 1. The van der Waals surface area contributed by atoms with Crippen LogP contribution in [-0.4, -0.2) is 21.3 Å². The molecule has 0 radical (unpaired) electrons. The van der Waals surface area contributed by atoms with Crippen LogP contribution in [0, 0.1) is 0 Å². The molecule has 0 aliphatic heterocycles. The Morgan fingerprint density at radius 2 is 1.73 bits per heavy atom. The molecule has 0 aliphatic rings. The molecular weight excluding hydrogens is 300 g/mol. The van der Waals surface area contributed by atoms with Crippen molar-refractivity contribution in [2.45, 2.75) is 18.4 Å². The molecule has 0 aromatic heterocycles. The first-order valence-electron chi connectivity index (χ1n) is 6.83. The number of sulfone groups is 1. The second kappa shape index (κ2) is 6.75. The van der Waals surface area contributed by atoms with E-state index in [0.717, 1.165) is 5.56 Å². The second-order valence-corrected chi connectivity index (χ2v) is 7.17. The topological polar surface area (TPSA) is 60.4 Å². The number of ketones is 1. The van der Waals surface area contributed by atoms with Crippen LogP contribution in [0.4, 0.5) is 0 Å². The number of carbonyl (C=O) groups excluding carboxylic acids is 1. The number of hydrogen-bond acceptors (Lipinski definition) is 4. The maximum absolute atomic E-state index is 12.4. The summed E-state index contributed by atoms with van der Waals surface area (Å²) in [5, 5.41) is 0. The molecule has 0 atom stereocenters. The highest BCUT2D eigenvalue weighted by molar-refractivity contribution is 7.89. The number of rotatable bonds is 6. The van der Waals surface area contributed by atoms with E-state index >= 15 is 0 Å². The molecule has 116 valence electrons. The minimum Gasteiger partial charge on any atom is -0.496 e. The first-order valence-corrected chi connectivity index (χ1v) is 8.65. The molecule has 0 spiro atoms. The monoisotopic (exact) mass is 318 g/mol. The van der Waals surface area contributed by atoms with Gasteiger partial charge in [0.05, 0.1) is 18.6 Å². The van der Waals surface area contributed by atoms with Crippen LogP contribution in [0.5, 0.6) is 5.75 Å². The highest BCUT2D eigenvalue weighted by Gasteiger charge is 2.17.